The van der Waals surface area contributed by atoms with E-state index in [0.29, 0.717) is 13.0 Å². The smallest absolute Gasteiger partial charge is 0.225 e. The molecule has 1 aliphatic carbocycles. The van der Waals surface area contributed by atoms with Crippen LogP contribution in [-0.4, -0.2) is 34.8 Å². The van der Waals surface area contributed by atoms with Gasteiger partial charge in [-0.05, 0) is 60.9 Å². The minimum Gasteiger partial charge on any atom is -0.369 e. The first-order valence-electron chi connectivity index (χ1n) is 9.65. The van der Waals surface area contributed by atoms with E-state index in [1.807, 2.05) is 29.2 Å². The van der Waals surface area contributed by atoms with Crippen molar-refractivity contribution in [2.75, 3.05) is 13.1 Å². The quantitative estimate of drug-likeness (QED) is 0.887. The van der Waals surface area contributed by atoms with E-state index in [2.05, 4.69) is 17.1 Å². The van der Waals surface area contributed by atoms with Gasteiger partial charge in [0.15, 0.2) is 0 Å². The fourth-order valence-electron chi connectivity index (χ4n) is 4.14. The molecule has 1 aromatic carbocycles. The lowest BCUT2D eigenvalue weighted by atomic mass is 9.74. The van der Waals surface area contributed by atoms with Crippen molar-refractivity contribution < 1.29 is 9.59 Å². The number of rotatable bonds is 5. The number of pyridine rings is 1. The molecule has 2 aromatic rings. The van der Waals surface area contributed by atoms with Crippen molar-refractivity contribution in [2.45, 2.75) is 32.1 Å². The van der Waals surface area contributed by atoms with Gasteiger partial charge in [0.05, 0.1) is 5.41 Å². The van der Waals surface area contributed by atoms with Gasteiger partial charge in [-0.2, -0.15) is 0 Å². The highest BCUT2D eigenvalue weighted by Gasteiger charge is 2.44. The molecule has 1 saturated carbocycles. The zero-order valence-corrected chi connectivity index (χ0v) is 15.4. The Morgan fingerprint density at radius 2 is 1.93 bits per heavy atom. The number of hydrogen-bond acceptors (Lipinski definition) is 3. The summed E-state index contributed by atoms with van der Waals surface area (Å²) in [5.74, 6) is 0.0691. The van der Waals surface area contributed by atoms with Crippen LogP contribution in [0.4, 0.5) is 0 Å². The Kier molecular flexibility index (Phi) is 4.68. The van der Waals surface area contributed by atoms with Gasteiger partial charge in [-0.15, -0.1) is 0 Å². The molecule has 5 heteroatoms. The van der Waals surface area contributed by atoms with E-state index >= 15 is 0 Å². The van der Waals surface area contributed by atoms with E-state index in [1.165, 1.54) is 0 Å². The molecule has 2 amide bonds. The molecule has 1 saturated heterocycles. The largest absolute Gasteiger partial charge is 0.369 e. The Bertz CT molecular complexity index is 848. The first-order chi connectivity index (χ1) is 13.1. The molecular weight excluding hydrogens is 338 g/mol. The molecule has 2 fully saturated rings. The molecule has 1 aliphatic heterocycles. The highest BCUT2D eigenvalue weighted by Crippen LogP contribution is 2.38. The maximum Gasteiger partial charge on any atom is 0.225 e. The van der Waals surface area contributed by atoms with Gasteiger partial charge in [0.1, 0.15) is 0 Å². The summed E-state index contributed by atoms with van der Waals surface area (Å²) in [7, 11) is 0. The van der Waals surface area contributed by atoms with Gasteiger partial charge in [0, 0.05) is 31.4 Å². The predicted molar refractivity (Wildman–Crippen MR) is 104 cm³/mol. The molecule has 0 bridgehead atoms. The molecule has 1 aromatic heterocycles. The average Bonchev–Trinajstić information content (AvgIpc) is 3.54. The summed E-state index contributed by atoms with van der Waals surface area (Å²) in [6.45, 7) is 1.18. The number of piperidine rings is 1. The van der Waals surface area contributed by atoms with E-state index < -0.39 is 5.41 Å². The van der Waals surface area contributed by atoms with Gasteiger partial charge in [0.25, 0.3) is 0 Å². The van der Waals surface area contributed by atoms with Crippen molar-refractivity contribution in [3.05, 3.63) is 54.4 Å². The zero-order valence-electron chi connectivity index (χ0n) is 15.4. The second-order valence-electron chi connectivity index (χ2n) is 7.90. The molecule has 4 rings (SSSR count). The third kappa shape index (κ3) is 3.72. The summed E-state index contributed by atoms with van der Waals surface area (Å²) in [6, 6.07) is 12.2. The van der Waals surface area contributed by atoms with Crippen molar-refractivity contribution in [1.29, 1.82) is 0 Å². The van der Waals surface area contributed by atoms with E-state index in [0.717, 1.165) is 48.9 Å². The fraction of sp³-hybridized carbons (Fsp3) is 0.409. The molecule has 2 heterocycles. The van der Waals surface area contributed by atoms with Crippen LogP contribution in [0.15, 0.2) is 48.8 Å². The van der Waals surface area contributed by atoms with Crippen molar-refractivity contribution in [2.24, 2.45) is 17.1 Å². The fourth-order valence-corrected chi connectivity index (χ4v) is 4.14. The summed E-state index contributed by atoms with van der Waals surface area (Å²) in [4.78, 5) is 30.9. The van der Waals surface area contributed by atoms with Gasteiger partial charge in [0.2, 0.25) is 11.8 Å². The second kappa shape index (κ2) is 7.14. The number of aromatic nitrogens is 1. The molecule has 2 N–H and O–H groups in total. The van der Waals surface area contributed by atoms with Crippen LogP contribution in [0, 0.1) is 11.3 Å². The van der Waals surface area contributed by atoms with Gasteiger partial charge in [-0.1, -0.05) is 24.3 Å². The third-order valence-electron chi connectivity index (χ3n) is 5.82. The molecule has 0 radical (unpaired) electrons. The summed E-state index contributed by atoms with van der Waals surface area (Å²) < 4.78 is 0. The van der Waals surface area contributed by atoms with Crippen LogP contribution in [0.25, 0.3) is 11.1 Å². The Morgan fingerprint density at radius 3 is 2.63 bits per heavy atom. The van der Waals surface area contributed by atoms with E-state index in [-0.39, 0.29) is 17.7 Å². The number of likely N-dealkylation sites (tertiary alicyclic amines) is 1. The third-order valence-corrected chi connectivity index (χ3v) is 5.82. The summed E-state index contributed by atoms with van der Waals surface area (Å²) in [6.07, 6.45) is 7.63. The van der Waals surface area contributed by atoms with Crippen LogP contribution in [-0.2, 0) is 16.0 Å². The van der Waals surface area contributed by atoms with Crippen LogP contribution in [0.1, 0.15) is 31.2 Å². The first kappa shape index (κ1) is 17.7. The first-order valence-corrected chi connectivity index (χ1v) is 9.65. The highest BCUT2D eigenvalue weighted by molar-refractivity contribution is 5.85. The van der Waals surface area contributed by atoms with Crippen LogP contribution < -0.4 is 5.73 Å². The lowest BCUT2D eigenvalue weighted by molar-refractivity contribution is -0.140. The van der Waals surface area contributed by atoms with Gasteiger partial charge >= 0.3 is 0 Å². The molecule has 27 heavy (non-hydrogen) atoms. The molecule has 1 unspecified atom stereocenters. The summed E-state index contributed by atoms with van der Waals surface area (Å²) in [5, 5.41) is 0. The van der Waals surface area contributed by atoms with Crippen LogP contribution >= 0.6 is 0 Å². The van der Waals surface area contributed by atoms with E-state index in [4.69, 9.17) is 5.73 Å². The topological polar surface area (TPSA) is 76.3 Å². The minimum atomic E-state index is -0.681. The van der Waals surface area contributed by atoms with Crippen molar-refractivity contribution in [3.63, 3.8) is 0 Å². The molecular formula is C22H25N3O2. The molecule has 1 atom stereocenters. The monoisotopic (exact) mass is 363 g/mol. The lowest BCUT2D eigenvalue weighted by Crippen LogP contribution is -2.53. The predicted octanol–water partition coefficient (Wildman–Crippen LogP) is 2.80. The van der Waals surface area contributed by atoms with Gasteiger partial charge in [-0.3, -0.25) is 14.6 Å². The standard InChI is InChI=1S/C22H25N3O2/c23-21(27)22(9-2-12-25(15-22)20(26)18-5-6-18)14-16-3-1-4-19(13-16)17-7-10-24-11-8-17/h1,3-4,7-8,10-11,13,18H,2,5-6,9,12,14-15H2,(H2,23,27). The molecule has 0 spiro atoms. The number of nitrogens with zero attached hydrogens (tertiary/aromatic N) is 2. The second-order valence-corrected chi connectivity index (χ2v) is 7.90. The SMILES string of the molecule is NC(=O)C1(Cc2cccc(-c3ccncc3)c2)CCCN(C(=O)C2CC2)C1. The zero-order chi connectivity index (χ0) is 18.9. The van der Waals surface area contributed by atoms with Crippen LogP contribution in [0.3, 0.4) is 0 Å². The molecule has 5 nitrogen and oxygen atoms in total. The Balaban J connectivity index is 1.58. The van der Waals surface area contributed by atoms with Gasteiger partial charge < -0.3 is 10.6 Å². The number of nitrogens with two attached hydrogens (primary N) is 1. The maximum absolute atomic E-state index is 12.5. The number of carbonyl (C=O) groups excluding carboxylic acids is 2. The number of amides is 2. The van der Waals surface area contributed by atoms with Gasteiger partial charge in [-0.25, -0.2) is 0 Å². The van der Waals surface area contributed by atoms with Crippen molar-refractivity contribution >= 4 is 11.8 Å². The van der Waals surface area contributed by atoms with Crippen molar-refractivity contribution in [1.82, 2.24) is 9.88 Å². The van der Waals surface area contributed by atoms with E-state index in [1.54, 1.807) is 12.4 Å². The maximum atomic E-state index is 12.5. The van der Waals surface area contributed by atoms with Crippen LogP contribution in [0.2, 0.25) is 0 Å². The normalized spacial score (nSPS) is 22.4. The Hall–Kier alpha value is -2.69. The Morgan fingerprint density at radius 1 is 1.15 bits per heavy atom. The van der Waals surface area contributed by atoms with E-state index in [9.17, 15) is 9.59 Å². The summed E-state index contributed by atoms with van der Waals surface area (Å²) in [5.41, 5.74) is 8.45. The lowest BCUT2D eigenvalue weighted by Gasteiger charge is -2.41. The average molecular weight is 363 g/mol. The minimum absolute atomic E-state index is 0.170. The number of benzene rings is 1. The van der Waals surface area contributed by atoms with Crippen molar-refractivity contribution in [3.8, 4) is 11.1 Å². The highest BCUT2D eigenvalue weighted by atomic mass is 16.2. The number of primary amides is 1. The number of hydrogen-bond donors (Lipinski definition) is 1. The van der Waals surface area contributed by atoms with Crippen LogP contribution in [0.5, 0.6) is 0 Å². The Labute approximate surface area is 159 Å². The number of carbonyl (C=O) groups is 2. The molecule has 2 aliphatic rings. The summed E-state index contributed by atoms with van der Waals surface area (Å²) >= 11 is 0. The molecule has 140 valence electrons.